The van der Waals surface area contributed by atoms with Crippen LogP contribution in [0.3, 0.4) is 0 Å². The van der Waals surface area contributed by atoms with Crippen molar-refractivity contribution in [3.05, 3.63) is 71.8 Å². The average molecular weight is 323 g/mol. The lowest BCUT2D eigenvalue weighted by molar-refractivity contribution is 0.0626. The Kier molecular flexibility index (Phi) is 6.45. The van der Waals surface area contributed by atoms with Crippen LogP contribution in [0.1, 0.15) is 49.1 Å². The number of hydrogen-bond donors (Lipinski definition) is 1. The maximum atomic E-state index is 6.54. The zero-order valence-electron chi connectivity index (χ0n) is 14.4. The third kappa shape index (κ3) is 4.93. The van der Waals surface area contributed by atoms with Crippen molar-refractivity contribution in [3.63, 3.8) is 0 Å². The van der Waals surface area contributed by atoms with E-state index in [2.05, 4.69) is 60.7 Å². The Hall–Kier alpha value is -1.64. The van der Waals surface area contributed by atoms with Gasteiger partial charge in [-0.15, -0.1) is 0 Å². The fourth-order valence-electron chi connectivity index (χ4n) is 3.74. The summed E-state index contributed by atoms with van der Waals surface area (Å²) in [5.41, 5.74) is 9.27. The van der Waals surface area contributed by atoms with Crippen LogP contribution in [0.15, 0.2) is 60.7 Å². The normalized spacial score (nSPS) is 17.1. The lowest BCUT2D eigenvalue weighted by Crippen LogP contribution is -2.25. The van der Waals surface area contributed by atoms with Crippen LogP contribution in [0.2, 0.25) is 0 Å². The van der Waals surface area contributed by atoms with E-state index in [0.717, 1.165) is 32.0 Å². The predicted molar refractivity (Wildman–Crippen MR) is 100 cm³/mol. The maximum absolute atomic E-state index is 6.54. The molecule has 0 aromatic heterocycles. The largest absolute Gasteiger partial charge is 0.381 e. The van der Waals surface area contributed by atoms with Gasteiger partial charge in [0.1, 0.15) is 0 Å². The molecule has 128 valence electrons. The molecule has 1 aliphatic rings. The van der Waals surface area contributed by atoms with E-state index in [-0.39, 0.29) is 6.04 Å². The van der Waals surface area contributed by atoms with E-state index in [1.807, 2.05) is 0 Å². The fraction of sp³-hybridized carbons (Fsp3) is 0.455. The molecule has 3 rings (SSSR count). The number of nitrogens with two attached hydrogens (primary N) is 1. The van der Waals surface area contributed by atoms with Gasteiger partial charge in [0, 0.05) is 25.2 Å². The summed E-state index contributed by atoms with van der Waals surface area (Å²) in [6.45, 7) is 1.85. The highest BCUT2D eigenvalue weighted by atomic mass is 16.5. The first-order valence-electron chi connectivity index (χ1n) is 9.26. The number of benzene rings is 2. The Morgan fingerprint density at radius 3 is 1.96 bits per heavy atom. The second kappa shape index (κ2) is 9.00. The number of ether oxygens (including phenoxy) is 1. The molecule has 0 spiro atoms. The molecule has 2 aromatic carbocycles. The Labute approximate surface area is 146 Å². The summed E-state index contributed by atoms with van der Waals surface area (Å²) in [5, 5.41) is 0. The summed E-state index contributed by atoms with van der Waals surface area (Å²) >= 11 is 0. The lowest BCUT2D eigenvalue weighted by Gasteiger charge is -2.25. The van der Waals surface area contributed by atoms with Crippen LogP contribution in [0.4, 0.5) is 0 Å². The summed E-state index contributed by atoms with van der Waals surface area (Å²) in [6.07, 6.45) is 5.76. The first-order chi connectivity index (χ1) is 11.8. The van der Waals surface area contributed by atoms with Gasteiger partial charge in [-0.05, 0) is 49.1 Å². The Bertz CT molecular complexity index is 538. The van der Waals surface area contributed by atoms with Crippen LogP contribution in [0.25, 0.3) is 0 Å². The van der Waals surface area contributed by atoms with Gasteiger partial charge in [0.2, 0.25) is 0 Å². The van der Waals surface area contributed by atoms with Crippen LogP contribution in [0, 0.1) is 5.92 Å². The van der Waals surface area contributed by atoms with Crippen molar-refractivity contribution in [2.45, 2.75) is 44.1 Å². The molecule has 0 bridgehead atoms. The lowest BCUT2D eigenvalue weighted by atomic mass is 9.84. The molecule has 0 aliphatic carbocycles. The Balaban J connectivity index is 1.63. The molecule has 1 unspecified atom stereocenters. The monoisotopic (exact) mass is 323 g/mol. The molecule has 2 aromatic rings. The molecule has 1 atom stereocenters. The van der Waals surface area contributed by atoms with E-state index in [0.29, 0.717) is 5.92 Å². The topological polar surface area (TPSA) is 35.2 Å². The SMILES string of the molecule is NC(CCC1CCOCC1)CC(c1ccccc1)c1ccccc1. The molecular weight excluding hydrogens is 294 g/mol. The molecule has 2 heteroatoms. The Morgan fingerprint density at radius 1 is 0.875 bits per heavy atom. The van der Waals surface area contributed by atoms with Gasteiger partial charge >= 0.3 is 0 Å². The van der Waals surface area contributed by atoms with E-state index in [4.69, 9.17) is 10.5 Å². The third-order valence-electron chi connectivity index (χ3n) is 5.23. The first kappa shape index (κ1) is 17.2. The van der Waals surface area contributed by atoms with Crippen LogP contribution < -0.4 is 5.73 Å². The fourth-order valence-corrected chi connectivity index (χ4v) is 3.74. The number of hydrogen-bond acceptors (Lipinski definition) is 2. The standard InChI is InChI=1S/C22H29NO/c23-21(12-11-18-13-15-24-16-14-18)17-22(19-7-3-1-4-8-19)20-9-5-2-6-10-20/h1-10,18,21-22H,11-17,23H2. The highest BCUT2D eigenvalue weighted by molar-refractivity contribution is 5.32. The summed E-state index contributed by atoms with van der Waals surface area (Å²) < 4.78 is 5.46. The van der Waals surface area contributed by atoms with Crippen molar-refractivity contribution in [2.24, 2.45) is 11.7 Å². The van der Waals surface area contributed by atoms with Crippen molar-refractivity contribution in [3.8, 4) is 0 Å². The van der Waals surface area contributed by atoms with Gasteiger partial charge in [-0.2, -0.15) is 0 Å². The van der Waals surface area contributed by atoms with E-state index >= 15 is 0 Å². The molecule has 0 saturated carbocycles. The van der Waals surface area contributed by atoms with Gasteiger partial charge in [-0.3, -0.25) is 0 Å². The summed E-state index contributed by atoms with van der Waals surface area (Å²) in [5.74, 6) is 1.19. The zero-order valence-corrected chi connectivity index (χ0v) is 14.4. The Morgan fingerprint density at radius 2 is 1.42 bits per heavy atom. The molecular formula is C22H29NO. The molecule has 1 heterocycles. The van der Waals surface area contributed by atoms with Crippen molar-refractivity contribution in [2.75, 3.05) is 13.2 Å². The molecule has 0 amide bonds. The van der Waals surface area contributed by atoms with Crippen LogP contribution in [-0.2, 0) is 4.74 Å². The maximum Gasteiger partial charge on any atom is 0.0468 e. The molecule has 2 N–H and O–H groups in total. The molecule has 24 heavy (non-hydrogen) atoms. The highest BCUT2D eigenvalue weighted by Crippen LogP contribution is 2.30. The van der Waals surface area contributed by atoms with Gasteiger partial charge in [0.25, 0.3) is 0 Å². The predicted octanol–water partition coefficient (Wildman–Crippen LogP) is 4.74. The summed E-state index contributed by atoms with van der Waals surface area (Å²) in [4.78, 5) is 0. The highest BCUT2D eigenvalue weighted by Gasteiger charge is 2.20. The van der Waals surface area contributed by atoms with Crippen molar-refractivity contribution >= 4 is 0 Å². The second-order valence-corrected chi connectivity index (χ2v) is 7.00. The molecule has 1 saturated heterocycles. The zero-order chi connectivity index (χ0) is 16.6. The first-order valence-corrected chi connectivity index (χ1v) is 9.26. The average Bonchev–Trinajstić information content (AvgIpc) is 2.67. The molecule has 1 fully saturated rings. The number of rotatable bonds is 7. The van der Waals surface area contributed by atoms with E-state index in [9.17, 15) is 0 Å². The third-order valence-corrected chi connectivity index (χ3v) is 5.23. The summed E-state index contributed by atoms with van der Waals surface area (Å²) in [7, 11) is 0. The van der Waals surface area contributed by atoms with Crippen molar-refractivity contribution in [1.29, 1.82) is 0 Å². The van der Waals surface area contributed by atoms with Gasteiger partial charge in [0.15, 0.2) is 0 Å². The van der Waals surface area contributed by atoms with Crippen LogP contribution in [-0.4, -0.2) is 19.3 Å². The van der Waals surface area contributed by atoms with Crippen LogP contribution >= 0.6 is 0 Å². The quantitative estimate of drug-likeness (QED) is 0.798. The molecule has 0 radical (unpaired) electrons. The van der Waals surface area contributed by atoms with Crippen LogP contribution in [0.5, 0.6) is 0 Å². The second-order valence-electron chi connectivity index (χ2n) is 7.00. The smallest absolute Gasteiger partial charge is 0.0468 e. The van der Waals surface area contributed by atoms with Crippen molar-refractivity contribution in [1.82, 2.24) is 0 Å². The van der Waals surface area contributed by atoms with Gasteiger partial charge in [0.05, 0.1) is 0 Å². The summed E-state index contributed by atoms with van der Waals surface area (Å²) in [6, 6.07) is 21.8. The van der Waals surface area contributed by atoms with Gasteiger partial charge in [-0.25, -0.2) is 0 Å². The van der Waals surface area contributed by atoms with E-state index < -0.39 is 0 Å². The minimum absolute atomic E-state index is 0.248. The van der Waals surface area contributed by atoms with Gasteiger partial charge < -0.3 is 10.5 Å². The molecule has 2 nitrogen and oxygen atoms in total. The minimum atomic E-state index is 0.248. The van der Waals surface area contributed by atoms with Crippen molar-refractivity contribution < 1.29 is 4.74 Å². The van der Waals surface area contributed by atoms with E-state index in [1.54, 1.807) is 0 Å². The van der Waals surface area contributed by atoms with E-state index in [1.165, 1.54) is 30.4 Å². The van der Waals surface area contributed by atoms with Gasteiger partial charge in [-0.1, -0.05) is 60.7 Å². The molecule has 1 aliphatic heterocycles. The minimum Gasteiger partial charge on any atom is -0.381 e.